The molecule has 0 radical (unpaired) electrons. The molecule has 2 N–H and O–H groups in total. The molecule has 0 aliphatic carbocycles. The van der Waals surface area contributed by atoms with Crippen molar-refractivity contribution in [3.8, 4) is 11.5 Å². The lowest BCUT2D eigenvalue weighted by molar-refractivity contribution is -0.117. The van der Waals surface area contributed by atoms with Gasteiger partial charge in [0.15, 0.2) is 11.5 Å². The van der Waals surface area contributed by atoms with E-state index in [2.05, 4.69) is 17.6 Å². The van der Waals surface area contributed by atoms with Crippen LogP contribution in [0.25, 0.3) is 6.08 Å². The second kappa shape index (κ2) is 6.18. The number of nitrogens with one attached hydrogen (secondary N) is 2. The number of fused-ring (bicyclic) bond motifs is 1. The molecule has 2 atom stereocenters. The van der Waals surface area contributed by atoms with Crippen molar-refractivity contribution in [3.63, 3.8) is 0 Å². The average Bonchev–Trinajstić information content (AvgIpc) is 2.95. The van der Waals surface area contributed by atoms with E-state index in [9.17, 15) is 4.79 Å². The van der Waals surface area contributed by atoms with Crippen molar-refractivity contribution in [1.82, 2.24) is 10.6 Å². The van der Waals surface area contributed by atoms with E-state index in [0.717, 1.165) is 36.4 Å². The Morgan fingerprint density at radius 3 is 3.10 bits per heavy atom. The Bertz CT molecular complexity index is 556. The fourth-order valence-corrected chi connectivity index (χ4v) is 2.66. The molecule has 2 aliphatic heterocycles. The van der Waals surface area contributed by atoms with E-state index >= 15 is 0 Å². The minimum Gasteiger partial charge on any atom is -0.454 e. The van der Waals surface area contributed by atoms with E-state index in [0.29, 0.717) is 6.04 Å². The molecule has 5 heteroatoms. The van der Waals surface area contributed by atoms with Crippen molar-refractivity contribution in [1.29, 1.82) is 0 Å². The molecule has 1 aromatic rings. The highest BCUT2D eigenvalue weighted by Gasteiger charge is 2.21. The summed E-state index contributed by atoms with van der Waals surface area (Å²) < 4.78 is 10.6. The number of ether oxygens (including phenoxy) is 2. The molecule has 2 heterocycles. The summed E-state index contributed by atoms with van der Waals surface area (Å²) in [6.07, 6.45) is 5.48. The predicted octanol–water partition coefficient (Wildman–Crippen LogP) is 1.69. The third kappa shape index (κ3) is 3.36. The summed E-state index contributed by atoms with van der Waals surface area (Å²) in [6.45, 7) is 3.39. The van der Waals surface area contributed by atoms with Gasteiger partial charge in [-0.3, -0.25) is 4.79 Å². The van der Waals surface area contributed by atoms with Gasteiger partial charge in [-0.05, 0) is 50.1 Å². The number of hydrogen-bond acceptors (Lipinski definition) is 4. The van der Waals surface area contributed by atoms with Crippen LogP contribution in [0.1, 0.15) is 25.3 Å². The van der Waals surface area contributed by atoms with E-state index in [1.54, 1.807) is 12.2 Å². The number of hydrogen-bond donors (Lipinski definition) is 2. The van der Waals surface area contributed by atoms with E-state index in [4.69, 9.17) is 9.47 Å². The van der Waals surface area contributed by atoms with Gasteiger partial charge in [0.2, 0.25) is 12.7 Å². The molecule has 2 aliphatic rings. The van der Waals surface area contributed by atoms with Crippen LogP contribution >= 0.6 is 0 Å². The first-order valence-corrected chi connectivity index (χ1v) is 7.34. The molecule has 112 valence electrons. The van der Waals surface area contributed by atoms with Gasteiger partial charge in [0.1, 0.15) is 0 Å². The monoisotopic (exact) mass is 288 g/mol. The first kappa shape index (κ1) is 13.9. The fraction of sp³-hybridized carbons (Fsp3) is 0.438. The SMILES string of the molecule is CC1NCCCC1NC(=O)/C=C/c1ccc2c(c1)OCO2. The molecule has 0 aromatic heterocycles. The molecule has 0 saturated carbocycles. The zero-order valence-electron chi connectivity index (χ0n) is 12.1. The van der Waals surface area contributed by atoms with E-state index < -0.39 is 0 Å². The maximum absolute atomic E-state index is 12.0. The van der Waals surface area contributed by atoms with Gasteiger partial charge in [0, 0.05) is 18.2 Å². The van der Waals surface area contributed by atoms with E-state index in [1.807, 2.05) is 18.2 Å². The van der Waals surface area contributed by atoms with Crippen LogP contribution in [0.3, 0.4) is 0 Å². The van der Waals surface area contributed by atoms with Gasteiger partial charge in [-0.25, -0.2) is 0 Å². The zero-order valence-corrected chi connectivity index (χ0v) is 12.1. The highest BCUT2D eigenvalue weighted by molar-refractivity contribution is 5.92. The number of amides is 1. The second-order valence-electron chi connectivity index (χ2n) is 5.45. The van der Waals surface area contributed by atoms with Gasteiger partial charge < -0.3 is 20.1 Å². The summed E-state index contributed by atoms with van der Waals surface area (Å²) in [5.74, 6) is 1.41. The standard InChI is InChI=1S/C16H20N2O3/c1-11-13(3-2-8-17-11)18-16(19)7-5-12-4-6-14-15(9-12)21-10-20-14/h4-7,9,11,13,17H,2-3,8,10H2,1H3,(H,18,19)/b7-5+. The van der Waals surface area contributed by atoms with Crippen LogP contribution in [0.15, 0.2) is 24.3 Å². The first-order chi connectivity index (χ1) is 10.2. The summed E-state index contributed by atoms with van der Waals surface area (Å²) in [6, 6.07) is 6.15. The number of piperidine rings is 1. The van der Waals surface area contributed by atoms with Gasteiger partial charge >= 0.3 is 0 Å². The number of rotatable bonds is 3. The normalized spacial score (nSPS) is 24.2. The van der Waals surface area contributed by atoms with Crippen LogP contribution in [0.5, 0.6) is 11.5 Å². The lowest BCUT2D eigenvalue weighted by Crippen LogP contribution is -2.51. The topological polar surface area (TPSA) is 59.6 Å². The average molecular weight is 288 g/mol. The van der Waals surface area contributed by atoms with Crippen LogP contribution in [0.4, 0.5) is 0 Å². The number of carbonyl (C=O) groups is 1. The maximum atomic E-state index is 12.0. The number of benzene rings is 1. The molecule has 1 saturated heterocycles. The van der Waals surface area contributed by atoms with Crippen molar-refractivity contribution in [2.75, 3.05) is 13.3 Å². The highest BCUT2D eigenvalue weighted by Crippen LogP contribution is 2.32. The Morgan fingerprint density at radius 2 is 2.24 bits per heavy atom. The molecule has 0 spiro atoms. The van der Waals surface area contributed by atoms with Gasteiger partial charge in [-0.15, -0.1) is 0 Å². The Hall–Kier alpha value is -2.01. The predicted molar refractivity (Wildman–Crippen MR) is 80.2 cm³/mol. The number of carbonyl (C=O) groups excluding carboxylic acids is 1. The van der Waals surface area contributed by atoms with Crippen LogP contribution in [-0.2, 0) is 4.79 Å². The summed E-state index contributed by atoms with van der Waals surface area (Å²) >= 11 is 0. The second-order valence-corrected chi connectivity index (χ2v) is 5.45. The summed E-state index contributed by atoms with van der Waals surface area (Å²) in [7, 11) is 0. The van der Waals surface area contributed by atoms with Crippen LogP contribution in [-0.4, -0.2) is 31.3 Å². The molecule has 3 rings (SSSR count). The van der Waals surface area contributed by atoms with Crippen LogP contribution < -0.4 is 20.1 Å². The Balaban J connectivity index is 1.59. The molecule has 21 heavy (non-hydrogen) atoms. The van der Waals surface area contributed by atoms with Crippen LogP contribution in [0, 0.1) is 0 Å². The maximum Gasteiger partial charge on any atom is 0.244 e. The summed E-state index contributed by atoms with van der Waals surface area (Å²) in [5.41, 5.74) is 0.921. The molecule has 5 nitrogen and oxygen atoms in total. The molecule has 1 fully saturated rings. The minimum absolute atomic E-state index is 0.0618. The molecular weight excluding hydrogens is 268 g/mol. The van der Waals surface area contributed by atoms with Crippen molar-refractivity contribution in [2.45, 2.75) is 31.8 Å². The van der Waals surface area contributed by atoms with E-state index in [1.165, 1.54) is 0 Å². The lowest BCUT2D eigenvalue weighted by atomic mass is 10.00. The van der Waals surface area contributed by atoms with E-state index in [-0.39, 0.29) is 18.7 Å². The fourth-order valence-electron chi connectivity index (χ4n) is 2.66. The largest absolute Gasteiger partial charge is 0.454 e. The summed E-state index contributed by atoms with van der Waals surface area (Å²) in [5, 5.41) is 6.42. The first-order valence-electron chi connectivity index (χ1n) is 7.34. The quantitative estimate of drug-likeness (QED) is 0.831. The van der Waals surface area contributed by atoms with Gasteiger partial charge in [0.05, 0.1) is 0 Å². The smallest absolute Gasteiger partial charge is 0.244 e. The molecule has 0 bridgehead atoms. The van der Waals surface area contributed by atoms with Crippen molar-refractivity contribution in [3.05, 3.63) is 29.8 Å². The minimum atomic E-state index is -0.0618. The van der Waals surface area contributed by atoms with Crippen LogP contribution in [0.2, 0.25) is 0 Å². The molecular formula is C16H20N2O3. The van der Waals surface area contributed by atoms with Crippen molar-refractivity contribution in [2.24, 2.45) is 0 Å². The molecule has 1 amide bonds. The lowest BCUT2D eigenvalue weighted by Gasteiger charge is -2.30. The molecule has 2 unspecified atom stereocenters. The Labute approximate surface area is 124 Å². The Kier molecular flexibility index (Phi) is 4.10. The van der Waals surface area contributed by atoms with Gasteiger partial charge in [0.25, 0.3) is 0 Å². The van der Waals surface area contributed by atoms with Gasteiger partial charge in [-0.1, -0.05) is 6.07 Å². The van der Waals surface area contributed by atoms with Crippen molar-refractivity contribution < 1.29 is 14.3 Å². The Morgan fingerprint density at radius 1 is 1.38 bits per heavy atom. The third-order valence-electron chi connectivity index (χ3n) is 3.91. The summed E-state index contributed by atoms with van der Waals surface area (Å²) in [4.78, 5) is 12.0. The zero-order chi connectivity index (χ0) is 14.7. The van der Waals surface area contributed by atoms with Crippen molar-refractivity contribution >= 4 is 12.0 Å². The third-order valence-corrected chi connectivity index (χ3v) is 3.91. The molecule has 1 aromatic carbocycles. The highest BCUT2D eigenvalue weighted by atomic mass is 16.7. The van der Waals surface area contributed by atoms with Gasteiger partial charge in [-0.2, -0.15) is 0 Å².